The van der Waals surface area contributed by atoms with Crippen LogP contribution in [0.5, 0.6) is 0 Å². The molecule has 0 fully saturated rings. The number of halogens is 3. The van der Waals surface area contributed by atoms with Gasteiger partial charge in [-0.25, -0.2) is 0 Å². The van der Waals surface area contributed by atoms with Crippen molar-refractivity contribution in [1.29, 1.82) is 0 Å². The van der Waals surface area contributed by atoms with Crippen LogP contribution in [0, 0.1) is 0 Å². The van der Waals surface area contributed by atoms with Crippen molar-refractivity contribution in [3.63, 3.8) is 0 Å². The number of carbonyl (C=O) groups excluding carboxylic acids is 1. The van der Waals surface area contributed by atoms with Crippen LogP contribution >= 0.6 is 0 Å². The molecular formula is C22H16F3N3O3S. The number of amides is 1. The lowest BCUT2D eigenvalue weighted by Gasteiger charge is -2.10. The first-order valence-electron chi connectivity index (χ1n) is 9.39. The van der Waals surface area contributed by atoms with E-state index in [4.69, 9.17) is 0 Å². The summed E-state index contributed by atoms with van der Waals surface area (Å²) in [5.41, 5.74) is 1.12. The van der Waals surface area contributed by atoms with Crippen molar-refractivity contribution in [2.24, 2.45) is 4.40 Å². The van der Waals surface area contributed by atoms with Gasteiger partial charge in [0.05, 0.1) is 5.56 Å². The van der Waals surface area contributed by atoms with E-state index >= 15 is 0 Å². The van der Waals surface area contributed by atoms with Crippen LogP contribution in [0.3, 0.4) is 0 Å². The summed E-state index contributed by atoms with van der Waals surface area (Å²) in [6, 6.07) is 17.3. The van der Waals surface area contributed by atoms with Gasteiger partial charge in [0.1, 0.15) is 4.90 Å². The number of hydrogen-bond acceptors (Lipinski definition) is 4. The average Bonchev–Trinajstić information content (AvgIpc) is 3.02. The van der Waals surface area contributed by atoms with E-state index < -0.39 is 27.7 Å². The Morgan fingerprint density at radius 2 is 1.56 bits per heavy atom. The number of rotatable bonds is 4. The maximum atomic E-state index is 12.6. The topological polar surface area (TPSA) is 87.6 Å². The molecule has 1 amide bonds. The standard InChI is InChI=1S/C22H16F3N3O3S/c23-22(24,25)16-9-5-14(6-10-16)13-26-21(29)15-7-11-17(12-8-15)27-20-18-3-1-2-4-19(18)32(30,31)28-20/h1-12H,13H2,(H,26,29)(H,27,28). The number of alkyl halides is 3. The molecule has 0 aromatic heterocycles. The highest BCUT2D eigenvalue weighted by Crippen LogP contribution is 2.29. The van der Waals surface area contributed by atoms with E-state index in [-0.39, 0.29) is 17.3 Å². The Bertz CT molecular complexity index is 1300. The fraction of sp³-hybridized carbons (Fsp3) is 0.0909. The van der Waals surface area contributed by atoms with E-state index in [1.54, 1.807) is 42.5 Å². The Labute approximate surface area is 181 Å². The van der Waals surface area contributed by atoms with Crippen LogP contribution in [-0.4, -0.2) is 20.2 Å². The number of nitrogens with one attached hydrogen (secondary N) is 2. The second-order valence-electron chi connectivity index (χ2n) is 6.99. The number of sulfonamides is 1. The molecule has 0 spiro atoms. The van der Waals surface area contributed by atoms with Gasteiger partial charge in [0.15, 0.2) is 5.84 Å². The van der Waals surface area contributed by atoms with Gasteiger partial charge < -0.3 is 10.6 Å². The number of benzene rings is 3. The molecule has 0 saturated heterocycles. The third-order valence-corrected chi connectivity index (χ3v) is 6.11. The van der Waals surface area contributed by atoms with Gasteiger partial charge >= 0.3 is 6.18 Å². The Morgan fingerprint density at radius 1 is 0.906 bits per heavy atom. The lowest BCUT2D eigenvalue weighted by atomic mass is 10.1. The van der Waals surface area contributed by atoms with Gasteiger partial charge in [-0.1, -0.05) is 24.3 Å². The predicted molar refractivity (Wildman–Crippen MR) is 113 cm³/mol. The van der Waals surface area contributed by atoms with Gasteiger partial charge in [-0.2, -0.15) is 21.6 Å². The second kappa shape index (κ2) is 8.12. The fourth-order valence-electron chi connectivity index (χ4n) is 3.13. The Balaban J connectivity index is 1.39. The Hall–Kier alpha value is -3.66. The highest BCUT2D eigenvalue weighted by molar-refractivity contribution is 7.90. The molecule has 3 aromatic rings. The van der Waals surface area contributed by atoms with Gasteiger partial charge in [0.2, 0.25) is 0 Å². The minimum Gasteiger partial charge on any atom is -0.348 e. The molecule has 32 heavy (non-hydrogen) atoms. The first-order valence-corrected chi connectivity index (χ1v) is 10.8. The molecule has 164 valence electrons. The van der Waals surface area contributed by atoms with Gasteiger partial charge in [0.25, 0.3) is 15.9 Å². The van der Waals surface area contributed by atoms with E-state index in [2.05, 4.69) is 15.0 Å². The molecule has 0 saturated carbocycles. The summed E-state index contributed by atoms with van der Waals surface area (Å²) >= 11 is 0. The van der Waals surface area contributed by atoms with Gasteiger partial charge in [-0.05, 0) is 54.1 Å². The molecule has 1 heterocycles. The van der Waals surface area contributed by atoms with E-state index in [9.17, 15) is 26.4 Å². The second-order valence-corrected chi connectivity index (χ2v) is 8.56. The van der Waals surface area contributed by atoms with Crippen molar-refractivity contribution in [2.45, 2.75) is 17.6 Å². The maximum Gasteiger partial charge on any atom is 0.416 e. The fourth-order valence-corrected chi connectivity index (χ4v) is 4.31. The summed E-state index contributed by atoms with van der Waals surface area (Å²) in [4.78, 5) is 12.5. The van der Waals surface area contributed by atoms with E-state index in [1.807, 2.05) is 0 Å². The Kier molecular flexibility index (Phi) is 5.47. The molecule has 10 heteroatoms. The number of carbonyl (C=O) groups is 1. The highest BCUT2D eigenvalue weighted by Gasteiger charge is 2.30. The largest absolute Gasteiger partial charge is 0.416 e. The highest BCUT2D eigenvalue weighted by atomic mass is 32.2. The minimum absolute atomic E-state index is 0.0718. The molecule has 3 aromatic carbocycles. The maximum absolute atomic E-state index is 12.6. The van der Waals surface area contributed by atoms with E-state index in [0.717, 1.165) is 12.1 Å². The summed E-state index contributed by atoms with van der Waals surface area (Å²) in [6.45, 7) is 0.0718. The molecule has 0 aliphatic carbocycles. The summed E-state index contributed by atoms with van der Waals surface area (Å²) < 4.78 is 65.8. The van der Waals surface area contributed by atoms with Crippen molar-refractivity contribution >= 4 is 27.5 Å². The SMILES string of the molecule is O=C(NCc1ccc(C(F)(F)F)cc1)c1ccc(NC2=NS(=O)(=O)c3ccccc32)cc1. The summed E-state index contributed by atoms with van der Waals surface area (Å²) in [5, 5.41) is 5.59. The molecule has 6 nitrogen and oxygen atoms in total. The van der Waals surface area contributed by atoms with Crippen molar-refractivity contribution in [2.75, 3.05) is 5.32 Å². The number of amidine groups is 1. The van der Waals surface area contributed by atoms with Gasteiger partial charge in [-0.15, -0.1) is 4.40 Å². The molecular weight excluding hydrogens is 443 g/mol. The van der Waals surface area contributed by atoms with Crippen LogP contribution in [0.2, 0.25) is 0 Å². The number of anilines is 1. The van der Waals surface area contributed by atoms with Crippen molar-refractivity contribution < 1.29 is 26.4 Å². The normalized spacial score (nSPS) is 14.4. The quantitative estimate of drug-likeness (QED) is 0.612. The van der Waals surface area contributed by atoms with Gasteiger partial charge in [0, 0.05) is 23.4 Å². The van der Waals surface area contributed by atoms with Crippen molar-refractivity contribution in [1.82, 2.24) is 5.32 Å². The van der Waals surface area contributed by atoms with E-state index in [1.165, 1.54) is 18.2 Å². The first-order chi connectivity index (χ1) is 15.1. The van der Waals surface area contributed by atoms with Crippen molar-refractivity contribution in [3.8, 4) is 0 Å². The van der Waals surface area contributed by atoms with E-state index in [0.29, 0.717) is 22.4 Å². The molecule has 0 unspecified atom stereocenters. The number of nitrogens with zero attached hydrogens (tertiary/aromatic N) is 1. The van der Waals surface area contributed by atoms with Crippen LogP contribution < -0.4 is 10.6 Å². The monoisotopic (exact) mass is 459 g/mol. The first kappa shape index (κ1) is 21.6. The van der Waals surface area contributed by atoms with Gasteiger partial charge in [-0.3, -0.25) is 4.79 Å². The molecule has 2 N–H and O–H groups in total. The number of fused-ring (bicyclic) bond motifs is 1. The minimum atomic E-state index is -4.41. The van der Waals surface area contributed by atoms with Crippen LogP contribution in [0.15, 0.2) is 82.1 Å². The zero-order chi connectivity index (χ0) is 22.9. The molecule has 0 atom stereocenters. The van der Waals surface area contributed by atoms with Crippen molar-refractivity contribution in [3.05, 3.63) is 95.1 Å². The molecule has 1 aliphatic rings. The number of hydrogen-bond donors (Lipinski definition) is 2. The third kappa shape index (κ3) is 4.50. The van der Waals surface area contributed by atoms with Crippen LogP contribution in [-0.2, 0) is 22.7 Å². The molecule has 0 radical (unpaired) electrons. The van der Waals surface area contributed by atoms with Crippen LogP contribution in [0.25, 0.3) is 0 Å². The smallest absolute Gasteiger partial charge is 0.348 e. The zero-order valence-electron chi connectivity index (χ0n) is 16.3. The lowest BCUT2D eigenvalue weighted by Crippen LogP contribution is -2.22. The summed E-state index contributed by atoms with van der Waals surface area (Å²) in [6.07, 6.45) is -4.41. The Morgan fingerprint density at radius 3 is 2.22 bits per heavy atom. The third-order valence-electron chi connectivity index (χ3n) is 4.78. The summed E-state index contributed by atoms with van der Waals surface area (Å²) in [7, 11) is -3.74. The molecule has 4 rings (SSSR count). The average molecular weight is 459 g/mol. The molecule has 0 bridgehead atoms. The zero-order valence-corrected chi connectivity index (χ0v) is 17.2. The molecule has 1 aliphatic heterocycles. The summed E-state index contributed by atoms with van der Waals surface area (Å²) in [5.74, 6) is -0.206. The van der Waals surface area contributed by atoms with Crippen LogP contribution in [0.1, 0.15) is 27.0 Å². The lowest BCUT2D eigenvalue weighted by molar-refractivity contribution is -0.137. The predicted octanol–water partition coefficient (Wildman–Crippen LogP) is 4.20. The van der Waals surface area contributed by atoms with Crippen LogP contribution in [0.4, 0.5) is 18.9 Å².